The second-order valence-corrected chi connectivity index (χ2v) is 5.42. The van der Waals surface area contributed by atoms with E-state index in [0.717, 1.165) is 12.6 Å². The Morgan fingerprint density at radius 2 is 1.88 bits per heavy atom. The fraction of sp³-hybridized carbons (Fsp3) is 0.538. The quantitative estimate of drug-likeness (QED) is 0.778. The third-order valence-corrected chi connectivity index (χ3v) is 4.10. The van der Waals surface area contributed by atoms with Crippen molar-refractivity contribution in [2.75, 3.05) is 7.05 Å². The predicted octanol–water partition coefficient (Wildman–Crippen LogP) is 4.37. The maximum atomic E-state index is 6.01. The summed E-state index contributed by atoms with van der Waals surface area (Å²) in [4.78, 5) is 2.42. The van der Waals surface area contributed by atoms with Crippen molar-refractivity contribution in [3.8, 4) is 0 Å². The van der Waals surface area contributed by atoms with E-state index >= 15 is 0 Å². The molecule has 0 aliphatic heterocycles. The Morgan fingerprint density at radius 3 is 2.50 bits per heavy atom. The molecule has 1 aliphatic carbocycles. The molecular weight excluding hydrogens is 241 g/mol. The third kappa shape index (κ3) is 2.91. The smallest absolute Gasteiger partial charge is 0.0595 e. The minimum Gasteiger partial charge on any atom is -0.299 e. The maximum Gasteiger partial charge on any atom is 0.0595 e. The van der Waals surface area contributed by atoms with E-state index in [9.17, 15) is 0 Å². The molecule has 0 radical (unpaired) electrons. The highest BCUT2D eigenvalue weighted by Gasteiger charge is 2.19. The van der Waals surface area contributed by atoms with Crippen LogP contribution in [-0.2, 0) is 6.54 Å². The molecule has 1 nitrogen and oxygen atoms in total. The van der Waals surface area contributed by atoms with Gasteiger partial charge in [0.25, 0.3) is 0 Å². The molecule has 0 spiro atoms. The zero-order valence-corrected chi connectivity index (χ0v) is 11.1. The topological polar surface area (TPSA) is 3.24 Å². The summed E-state index contributed by atoms with van der Waals surface area (Å²) in [5, 5.41) is 1.29. The molecule has 1 aromatic rings. The van der Waals surface area contributed by atoms with Crippen molar-refractivity contribution in [2.45, 2.75) is 38.3 Å². The molecular formula is C13H17Cl2N. The van der Waals surface area contributed by atoms with Crippen LogP contribution in [0.3, 0.4) is 0 Å². The highest BCUT2D eigenvalue weighted by atomic mass is 35.5. The highest BCUT2D eigenvalue weighted by molar-refractivity contribution is 6.42. The fourth-order valence-corrected chi connectivity index (χ4v) is 2.72. The summed E-state index contributed by atoms with van der Waals surface area (Å²) in [5.74, 6) is 0. The lowest BCUT2D eigenvalue weighted by Crippen LogP contribution is -2.28. The van der Waals surface area contributed by atoms with Crippen LogP contribution in [0.4, 0.5) is 0 Å². The van der Waals surface area contributed by atoms with Gasteiger partial charge in [0.1, 0.15) is 0 Å². The molecule has 0 unspecified atom stereocenters. The Balaban J connectivity index is 1.99. The summed E-state index contributed by atoms with van der Waals surface area (Å²) in [7, 11) is 2.19. The molecule has 1 saturated carbocycles. The molecule has 0 aromatic heterocycles. The van der Waals surface area contributed by atoms with Crippen LogP contribution in [0.25, 0.3) is 0 Å². The van der Waals surface area contributed by atoms with Crippen molar-refractivity contribution >= 4 is 23.2 Å². The van der Waals surface area contributed by atoms with Gasteiger partial charge < -0.3 is 0 Å². The van der Waals surface area contributed by atoms with Gasteiger partial charge in [0.15, 0.2) is 0 Å². The molecule has 88 valence electrons. The van der Waals surface area contributed by atoms with E-state index in [-0.39, 0.29) is 0 Å². The van der Waals surface area contributed by atoms with Gasteiger partial charge in [-0.15, -0.1) is 0 Å². The van der Waals surface area contributed by atoms with Crippen LogP contribution in [0.15, 0.2) is 18.2 Å². The van der Waals surface area contributed by atoms with Crippen LogP contribution in [0.2, 0.25) is 10.0 Å². The summed E-state index contributed by atoms with van der Waals surface area (Å²) in [5.41, 5.74) is 1.24. The summed E-state index contributed by atoms with van der Waals surface area (Å²) >= 11 is 11.9. The monoisotopic (exact) mass is 257 g/mol. The third-order valence-electron chi connectivity index (χ3n) is 3.36. The van der Waals surface area contributed by atoms with E-state index in [0.29, 0.717) is 10.0 Å². The number of nitrogens with zero attached hydrogens (tertiary/aromatic N) is 1. The Morgan fingerprint density at radius 1 is 1.19 bits per heavy atom. The van der Waals surface area contributed by atoms with Crippen LogP contribution in [0, 0.1) is 0 Å². The molecule has 0 bridgehead atoms. The van der Waals surface area contributed by atoms with Gasteiger partial charge in [0, 0.05) is 12.6 Å². The second kappa shape index (κ2) is 5.39. The van der Waals surface area contributed by atoms with Gasteiger partial charge in [-0.3, -0.25) is 4.90 Å². The van der Waals surface area contributed by atoms with E-state index < -0.39 is 0 Å². The Kier molecular flexibility index (Phi) is 4.12. The van der Waals surface area contributed by atoms with Gasteiger partial charge in [0.2, 0.25) is 0 Å². The molecule has 0 heterocycles. The van der Waals surface area contributed by atoms with Crippen molar-refractivity contribution in [3.05, 3.63) is 33.8 Å². The second-order valence-electron chi connectivity index (χ2n) is 4.60. The minimum atomic E-state index is 0.633. The first kappa shape index (κ1) is 12.2. The summed E-state index contributed by atoms with van der Waals surface area (Å²) in [6.45, 7) is 0.960. The average Bonchev–Trinajstić information content (AvgIpc) is 2.77. The molecule has 2 rings (SSSR count). The van der Waals surface area contributed by atoms with Crippen molar-refractivity contribution in [1.82, 2.24) is 4.90 Å². The van der Waals surface area contributed by atoms with Crippen LogP contribution >= 0.6 is 23.2 Å². The summed E-state index contributed by atoms with van der Waals surface area (Å²) in [6, 6.07) is 6.64. The Labute approximate surface area is 107 Å². The van der Waals surface area contributed by atoms with Gasteiger partial charge in [-0.25, -0.2) is 0 Å². The van der Waals surface area contributed by atoms with E-state index in [1.807, 2.05) is 12.1 Å². The number of hydrogen-bond acceptors (Lipinski definition) is 1. The largest absolute Gasteiger partial charge is 0.299 e. The maximum absolute atomic E-state index is 6.01. The summed E-state index contributed by atoms with van der Waals surface area (Å²) < 4.78 is 0. The molecule has 0 N–H and O–H groups in total. The van der Waals surface area contributed by atoms with Crippen LogP contribution in [0.1, 0.15) is 31.2 Å². The molecule has 1 aliphatic rings. The predicted molar refractivity (Wildman–Crippen MR) is 70.2 cm³/mol. The Bertz CT molecular complexity index is 359. The highest BCUT2D eigenvalue weighted by Crippen LogP contribution is 2.26. The van der Waals surface area contributed by atoms with E-state index in [1.54, 1.807) is 0 Å². The van der Waals surface area contributed by atoms with Crippen LogP contribution in [0.5, 0.6) is 0 Å². The standard InChI is InChI=1S/C13H17Cl2N/c1-16(11-4-2-3-5-11)9-10-6-7-12(14)13(15)8-10/h6-8,11H,2-5,9H2,1H3. The normalized spacial score (nSPS) is 17.2. The van der Waals surface area contributed by atoms with Gasteiger partial charge in [-0.1, -0.05) is 42.1 Å². The van der Waals surface area contributed by atoms with Crippen molar-refractivity contribution < 1.29 is 0 Å². The van der Waals surface area contributed by atoms with Crippen LogP contribution in [-0.4, -0.2) is 18.0 Å². The fourth-order valence-electron chi connectivity index (χ4n) is 2.40. The van der Waals surface area contributed by atoms with Gasteiger partial charge in [-0.2, -0.15) is 0 Å². The van der Waals surface area contributed by atoms with E-state index in [4.69, 9.17) is 23.2 Å². The number of benzene rings is 1. The number of rotatable bonds is 3. The first-order valence-electron chi connectivity index (χ1n) is 5.81. The van der Waals surface area contributed by atoms with E-state index in [1.165, 1.54) is 31.2 Å². The van der Waals surface area contributed by atoms with Crippen molar-refractivity contribution in [3.63, 3.8) is 0 Å². The molecule has 0 atom stereocenters. The molecule has 1 fully saturated rings. The SMILES string of the molecule is CN(Cc1ccc(Cl)c(Cl)c1)C1CCCC1. The Hall–Kier alpha value is -0.240. The van der Waals surface area contributed by atoms with Crippen LogP contribution < -0.4 is 0 Å². The minimum absolute atomic E-state index is 0.633. The lowest BCUT2D eigenvalue weighted by molar-refractivity contribution is 0.237. The van der Waals surface area contributed by atoms with Gasteiger partial charge in [-0.05, 0) is 37.6 Å². The molecule has 0 saturated heterocycles. The summed E-state index contributed by atoms with van der Waals surface area (Å²) in [6.07, 6.45) is 5.41. The zero-order valence-electron chi connectivity index (χ0n) is 9.55. The molecule has 16 heavy (non-hydrogen) atoms. The average molecular weight is 258 g/mol. The lowest BCUT2D eigenvalue weighted by atomic mass is 10.1. The number of halogens is 2. The molecule has 1 aromatic carbocycles. The van der Waals surface area contributed by atoms with E-state index in [2.05, 4.69) is 18.0 Å². The zero-order chi connectivity index (χ0) is 11.5. The number of hydrogen-bond donors (Lipinski definition) is 0. The molecule has 0 amide bonds. The van der Waals surface area contributed by atoms with Crippen molar-refractivity contribution in [1.29, 1.82) is 0 Å². The first-order valence-corrected chi connectivity index (χ1v) is 6.56. The first-order chi connectivity index (χ1) is 7.66. The van der Waals surface area contributed by atoms with Crippen molar-refractivity contribution in [2.24, 2.45) is 0 Å². The lowest BCUT2D eigenvalue weighted by Gasteiger charge is -2.24. The van der Waals surface area contributed by atoms with Gasteiger partial charge in [0.05, 0.1) is 10.0 Å². The molecule has 3 heteroatoms. The van der Waals surface area contributed by atoms with Gasteiger partial charge >= 0.3 is 0 Å².